The molecule has 3 rings (SSSR count). The van der Waals surface area contributed by atoms with E-state index in [9.17, 15) is 9.59 Å². The molecule has 28 heavy (non-hydrogen) atoms. The molecular formula is C20H25ClN2O3S2. The first-order valence-corrected chi connectivity index (χ1v) is 10.9. The lowest BCUT2D eigenvalue weighted by Crippen LogP contribution is -2.35. The van der Waals surface area contributed by atoms with Crippen molar-refractivity contribution in [2.24, 2.45) is 0 Å². The fourth-order valence-electron chi connectivity index (χ4n) is 3.19. The number of nitrogens with one attached hydrogen (secondary N) is 1. The van der Waals surface area contributed by atoms with Crippen LogP contribution in [-0.2, 0) is 17.7 Å². The van der Waals surface area contributed by atoms with Crippen LogP contribution < -0.4 is 5.32 Å². The van der Waals surface area contributed by atoms with Gasteiger partial charge >= 0.3 is 5.97 Å². The predicted molar refractivity (Wildman–Crippen MR) is 118 cm³/mol. The van der Waals surface area contributed by atoms with Gasteiger partial charge in [-0.3, -0.25) is 9.69 Å². The van der Waals surface area contributed by atoms with Crippen molar-refractivity contribution in [1.82, 2.24) is 4.90 Å². The third kappa shape index (κ3) is 4.71. The van der Waals surface area contributed by atoms with Crippen LogP contribution in [-0.4, -0.2) is 42.7 Å². The lowest BCUT2D eigenvalue weighted by Gasteiger charge is -2.30. The van der Waals surface area contributed by atoms with E-state index in [1.807, 2.05) is 18.4 Å². The number of rotatable bonds is 5. The number of halogens is 1. The smallest absolute Gasteiger partial charge is 0.341 e. The van der Waals surface area contributed by atoms with E-state index in [1.165, 1.54) is 18.4 Å². The average molecular weight is 441 g/mol. The van der Waals surface area contributed by atoms with Crippen LogP contribution in [0.3, 0.4) is 0 Å². The fourth-order valence-corrected chi connectivity index (χ4v) is 4.85. The van der Waals surface area contributed by atoms with Crippen LogP contribution in [0.1, 0.15) is 45.0 Å². The minimum absolute atomic E-state index is 0. The highest BCUT2D eigenvalue weighted by Crippen LogP contribution is 2.38. The zero-order valence-corrected chi connectivity index (χ0v) is 18.9. The molecule has 8 heteroatoms. The quantitative estimate of drug-likeness (QED) is 0.539. The van der Waals surface area contributed by atoms with Crippen molar-refractivity contribution in [3.8, 4) is 0 Å². The number of thioether (sulfide) groups is 1. The molecule has 5 nitrogen and oxygen atoms in total. The topological polar surface area (TPSA) is 58.6 Å². The minimum Gasteiger partial charge on any atom is -0.465 e. The minimum atomic E-state index is -0.390. The van der Waals surface area contributed by atoms with Crippen molar-refractivity contribution in [2.75, 3.05) is 25.2 Å². The van der Waals surface area contributed by atoms with Crippen LogP contribution in [0.5, 0.6) is 0 Å². The van der Waals surface area contributed by atoms with Crippen LogP contribution in [0.25, 0.3) is 0 Å². The molecule has 0 unspecified atom stereocenters. The summed E-state index contributed by atoms with van der Waals surface area (Å²) in [6.45, 7) is 6.02. The third-order valence-corrected chi connectivity index (χ3v) is 6.66. The maximum absolute atomic E-state index is 12.7. The van der Waals surface area contributed by atoms with Gasteiger partial charge in [-0.05, 0) is 56.4 Å². The lowest BCUT2D eigenvalue weighted by molar-refractivity contribution is 0.0600. The van der Waals surface area contributed by atoms with Gasteiger partial charge < -0.3 is 10.1 Å². The van der Waals surface area contributed by atoms with Crippen LogP contribution in [0.15, 0.2) is 29.2 Å². The number of esters is 1. The summed E-state index contributed by atoms with van der Waals surface area (Å²) in [5, 5.41) is 3.51. The number of benzene rings is 1. The van der Waals surface area contributed by atoms with Gasteiger partial charge in [0.25, 0.3) is 5.91 Å². The zero-order chi connectivity index (χ0) is 19.6. The molecule has 2 aromatic rings. The van der Waals surface area contributed by atoms with Crippen molar-refractivity contribution in [3.05, 3.63) is 45.8 Å². The Morgan fingerprint density at radius 3 is 2.50 bits per heavy atom. The van der Waals surface area contributed by atoms with Crippen molar-refractivity contribution in [2.45, 2.75) is 37.8 Å². The van der Waals surface area contributed by atoms with E-state index in [1.54, 1.807) is 23.9 Å². The summed E-state index contributed by atoms with van der Waals surface area (Å²) in [5.41, 5.74) is 2.09. The summed E-state index contributed by atoms with van der Waals surface area (Å²) in [6, 6.07) is 7.87. The Balaban J connectivity index is 0.00000280. The van der Waals surface area contributed by atoms with Crippen molar-refractivity contribution < 1.29 is 14.3 Å². The van der Waals surface area contributed by atoms with Crippen LogP contribution >= 0.6 is 35.5 Å². The molecule has 0 saturated heterocycles. The number of nitrogens with zero attached hydrogens (tertiary/aromatic N) is 1. The zero-order valence-electron chi connectivity index (χ0n) is 16.4. The Bertz CT molecular complexity index is 850. The van der Waals surface area contributed by atoms with Gasteiger partial charge in [-0.25, -0.2) is 4.79 Å². The van der Waals surface area contributed by atoms with Gasteiger partial charge in [0.2, 0.25) is 0 Å². The first kappa shape index (κ1) is 22.7. The maximum Gasteiger partial charge on any atom is 0.341 e. The fraction of sp³-hybridized carbons (Fsp3) is 0.400. The average Bonchev–Trinajstić information content (AvgIpc) is 3.04. The number of carbonyl (C=O) groups excluding carboxylic acids is 2. The van der Waals surface area contributed by atoms with Gasteiger partial charge in [0.05, 0.1) is 12.7 Å². The SMILES string of the molecule is COC(=O)c1c(NC(=O)c2ccc(SC)cc2)sc2c1CCN(C(C)C)C2.Cl. The highest BCUT2D eigenvalue weighted by atomic mass is 35.5. The largest absolute Gasteiger partial charge is 0.465 e. The van der Waals surface area contributed by atoms with Gasteiger partial charge in [0.1, 0.15) is 5.00 Å². The number of methoxy groups -OCH3 is 1. The van der Waals surface area contributed by atoms with Gasteiger partial charge in [0, 0.05) is 34.5 Å². The first-order valence-electron chi connectivity index (χ1n) is 8.87. The number of amides is 1. The van der Waals surface area contributed by atoms with Gasteiger partial charge in [-0.2, -0.15) is 0 Å². The number of thiophene rings is 1. The number of hydrogen-bond acceptors (Lipinski definition) is 6. The Morgan fingerprint density at radius 1 is 1.25 bits per heavy atom. The summed E-state index contributed by atoms with van der Waals surface area (Å²) in [6.07, 6.45) is 2.78. The van der Waals surface area contributed by atoms with E-state index in [4.69, 9.17) is 4.74 Å². The monoisotopic (exact) mass is 440 g/mol. The molecule has 1 aliphatic heterocycles. The normalized spacial score (nSPS) is 13.6. The molecule has 1 aromatic heterocycles. The molecule has 1 N–H and O–H groups in total. The second kappa shape index (κ2) is 9.78. The maximum atomic E-state index is 12.7. The van der Waals surface area contributed by atoms with Gasteiger partial charge in [0.15, 0.2) is 0 Å². The van der Waals surface area contributed by atoms with Gasteiger partial charge in [-0.1, -0.05) is 0 Å². The molecule has 1 amide bonds. The van der Waals surface area contributed by atoms with E-state index in [0.717, 1.165) is 34.8 Å². The Kier molecular flexibility index (Phi) is 7.95. The highest BCUT2D eigenvalue weighted by Gasteiger charge is 2.30. The molecule has 2 heterocycles. The molecule has 0 saturated carbocycles. The molecule has 152 valence electrons. The number of hydrogen-bond donors (Lipinski definition) is 1. The second-order valence-electron chi connectivity index (χ2n) is 6.70. The molecule has 0 radical (unpaired) electrons. The molecule has 0 fully saturated rings. The number of fused-ring (bicyclic) bond motifs is 1. The van der Waals surface area contributed by atoms with Crippen LogP contribution in [0.2, 0.25) is 0 Å². The van der Waals surface area contributed by atoms with E-state index in [0.29, 0.717) is 22.2 Å². The second-order valence-corrected chi connectivity index (χ2v) is 8.68. The Labute approximate surface area is 180 Å². The Hall–Kier alpha value is -1.54. The van der Waals surface area contributed by atoms with Crippen molar-refractivity contribution in [3.63, 3.8) is 0 Å². The number of anilines is 1. The van der Waals surface area contributed by atoms with Gasteiger partial charge in [-0.15, -0.1) is 35.5 Å². The van der Waals surface area contributed by atoms with E-state index < -0.39 is 5.97 Å². The molecule has 0 aliphatic carbocycles. The summed E-state index contributed by atoms with van der Waals surface area (Å²) in [5.74, 6) is -0.606. The number of carbonyl (C=O) groups is 2. The van der Waals surface area contributed by atoms with E-state index in [2.05, 4.69) is 24.1 Å². The summed E-state index contributed by atoms with van der Waals surface area (Å²) in [7, 11) is 1.38. The van der Waals surface area contributed by atoms with Crippen LogP contribution in [0.4, 0.5) is 5.00 Å². The molecule has 1 aliphatic rings. The summed E-state index contributed by atoms with van der Waals surface area (Å²) < 4.78 is 4.99. The van der Waals surface area contributed by atoms with E-state index in [-0.39, 0.29) is 18.3 Å². The van der Waals surface area contributed by atoms with Crippen molar-refractivity contribution in [1.29, 1.82) is 0 Å². The highest BCUT2D eigenvalue weighted by molar-refractivity contribution is 7.98. The first-order chi connectivity index (χ1) is 12.9. The molecule has 1 aromatic carbocycles. The number of ether oxygens (including phenoxy) is 1. The van der Waals surface area contributed by atoms with E-state index >= 15 is 0 Å². The molecule has 0 bridgehead atoms. The summed E-state index contributed by atoms with van der Waals surface area (Å²) >= 11 is 3.11. The Morgan fingerprint density at radius 2 is 1.93 bits per heavy atom. The lowest BCUT2D eigenvalue weighted by atomic mass is 10.0. The molecular weight excluding hydrogens is 416 g/mol. The predicted octanol–water partition coefficient (Wildman–Crippen LogP) is 4.70. The summed E-state index contributed by atoms with van der Waals surface area (Å²) in [4.78, 5) is 29.7. The standard InChI is InChI=1S/C20H24N2O3S2.ClH/c1-12(2)22-10-9-15-16(11-22)27-19(17(15)20(24)25-3)21-18(23)13-5-7-14(26-4)8-6-13;/h5-8,12H,9-11H2,1-4H3,(H,21,23);1H. The molecule has 0 atom stereocenters. The van der Waals surface area contributed by atoms with Crippen LogP contribution in [0, 0.1) is 0 Å². The third-order valence-electron chi connectivity index (χ3n) is 4.79. The van der Waals surface area contributed by atoms with Crippen molar-refractivity contribution >= 4 is 52.4 Å². The molecule has 0 spiro atoms.